The number of amides is 1. The molecule has 6 nitrogen and oxygen atoms in total. The van der Waals surface area contributed by atoms with Gasteiger partial charge in [0.25, 0.3) is 10.1 Å². The van der Waals surface area contributed by atoms with Crippen LogP contribution in [0.25, 0.3) is 0 Å². The highest BCUT2D eigenvalue weighted by atomic mass is 32.2. The van der Waals surface area contributed by atoms with Crippen LogP contribution < -0.4 is 11.1 Å². The number of nitrogens with two attached hydrogens (primary N) is 1. The molecule has 0 atom stereocenters. The van der Waals surface area contributed by atoms with Gasteiger partial charge in [-0.15, -0.1) is 0 Å². The third-order valence-electron chi connectivity index (χ3n) is 0.724. The first-order valence-corrected chi connectivity index (χ1v) is 4.44. The van der Waals surface area contributed by atoms with Crippen molar-refractivity contribution in [1.29, 1.82) is 0 Å². The van der Waals surface area contributed by atoms with Crippen LogP contribution in [0.1, 0.15) is 0 Å². The molecule has 0 saturated carbocycles. The molecule has 0 aliphatic rings. The zero-order valence-electron chi connectivity index (χ0n) is 5.82. The summed E-state index contributed by atoms with van der Waals surface area (Å²) in [7, 11) is -3.63. The summed E-state index contributed by atoms with van der Waals surface area (Å²) in [5.74, 6) is -0.517. The van der Waals surface area contributed by atoms with Crippen LogP contribution in [0.4, 0.5) is 0 Å². The van der Waals surface area contributed by atoms with Crippen molar-refractivity contribution < 1.29 is 17.4 Å². The Hall–Kier alpha value is -0.660. The van der Waals surface area contributed by atoms with E-state index in [9.17, 15) is 13.2 Å². The molecule has 0 aromatic rings. The van der Waals surface area contributed by atoms with Crippen molar-refractivity contribution >= 4 is 16.5 Å². The average Bonchev–Trinajstić information content (AvgIpc) is 1.97. The normalized spacial score (nSPS) is 11.0. The predicted octanol–water partition coefficient (Wildman–Crippen LogP) is -2.00. The van der Waals surface area contributed by atoms with Crippen molar-refractivity contribution in [3.63, 3.8) is 0 Å². The van der Waals surface area contributed by atoms with Crippen molar-refractivity contribution in [2.45, 2.75) is 0 Å². The molecule has 0 aliphatic heterocycles. The molecule has 1 amide bonds. The Morgan fingerprint density at radius 3 is 2.64 bits per heavy atom. The first-order chi connectivity index (χ1) is 5.12. The highest BCUT2D eigenvalue weighted by Crippen LogP contribution is 1.87. The van der Waals surface area contributed by atoms with Crippen LogP contribution in [0.5, 0.6) is 0 Å². The van der Waals surface area contributed by atoms with E-state index in [-0.39, 0.29) is 19.6 Å². The summed E-state index contributed by atoms with van der Waals surface area (Å²) < 4.78 is 25.6. The minimum Gasteiger partial charge on any atom is -0.343 e. The maximum Gasteiger partial charge on any atom is 0.285 e. The van der Waals surface area contributed by atoms with Gasteiger partial charge in [0.15, 0.2) is 0 Å². The number of nitrogens with one attached hydrogen (secondary N) is 1. The van der Waals surface area contributed by atoms with Gasteiger partial charge in [-0.2, -0.15) is 8.42 Å². The van der Waals surface area contributed by atoms with Gasteiger partial charge in [-0.3, -0.25) is 8.98 Å². The van der Waals surface area contributed by atoms with E-state index in [2.05, 4.69) is 4.18 Å². The van der Waals surface area contributed by atoms with Crippen LogP contribution in [0.3, 0.4) is 0 Å². The van der Waals surface area contributed by atoms with Gasteiger partial charge in [-0.1, -0.05) is 0 Å². The van der Waals surface area contributed by atoms with Gasteiger partial charge in [-0.25, -0.2) is 0 Å². The van der Waals surface area contributed by atoms with Gasteiger partial charge < -0.3 is 11.1 Å². The van der Waals surface area contributed by atoms with Gasteiger partial charge in [-0.05, 0) is 0 Å². The lowest BCUT2D eigenvalue weighted by Gasteiger charge is -2.01. The fraction of sp³-hybridized carbons (Fsp3) is 0.750. The van der Waals surface area contributed by atoms with Crippen LogP contribution in [-0.2, 0) is 19.1 Å². The smallest absolute Gasteiger partial charge is 0.285 e. The van der Waals surface area contributed by atoms with Gasteiger partial charge in [0.2, 0.25) is 6.41 Å². The molecule has 0 heterocycles. The molecule has 11 heavy (non-hydrogen) atoms. The van der Waals surface area contributed by atoms with Crippen LogP contribution in [0.2, 0.25) is 0 Å². The van der Waals surface area contributed by atoms with E-state index >= 15 is 0 Å². The highest BCUT2D eigenvalue weighted by Gasteiger charge is 2.08. The number of hydrogen-bond donors (Lipinski definition) is 2. The second-order valence-corrected chi connectivity index (χ2v) is 3.27. The van der Waals surface area contributed by atoms with Gasteiger partial charge in [0, 0.05) is 6.54 Å². The summed E-state index contributed by atoms with van der Waals surface area (Å²) in [5.41, 5.74) is 4.98. The Morgan fingerprint density at radius 2 is 2.18 bits per heavy atom. The molecule has 3 N–H and O–H groups in total. The Labute approximate surface area is 64.8 Å². The van der Waals surface area contributed by atoms with Crippen LogP contribution in [0, 0.1) is 0 Å². The second kappa shape index (κ2) is 5.05. The first kappa shape index (κ1) is 10.3. The molecule has 0 aromatic heterocycles. The van der Waals surface area contributed by atoms with Crippen molar-refractivity contribution in [3.8, 4) is 0 Å². The molecule has 0 radical (unpaired) electrons. The second-order valence-electron chi connectivity index (χ2n) is 1.63. The predicted molar refractivity (Wildman–Crippen MR) is 38.0 cm³/mol. The molecule has 7 heteroatoms. The van der Waals surface area contributed by atoms with E-state index in [0.717, 1.165) is 0 Å². The van der Waals surface area contributed by atoms with Crippen LogP contribution >= 0.6 is 0 Å². The van der Waals surface area contributed by atoms with E-state index in [1.807, 2.05) is 5.32 Å². The molecule has 0 aromatic carbocycles. The van der Waals surface area contributed by atoms with Crippen molar-refractivity contribution in [1.82, 2.24) is 5.32 Å². The van der Waals surface area contributed by atoms with E-state index in [4.69, 9.17) is 5.73 Å². The van der Waals surface area contributed by atoms with Crippen molar-refractivity contribution in [2.24, 2.45) is 5.73 Å². The molecule has 0 bridgehead atoms. The number of carbonyl (C=O) groups excluding carboxylic acids is 1. The molecule has 0 rings (SSSR count). The SMILES string of the molecule is NCCOS(=O)(=O)CNC=O. The van der Waals surface area contributed by atoms with E-state index in [1.165, 1.54) is 0 Å². The summed E-state index contributed by atoms with van der Waals surface area (Å²) in [5, 5.41) is 1.96. The monoisotopic (exact) mass is 182 g/mol. The Morgan fingerprint density at radius 1 is 1.55 bits per heavy atom. The fourth-order valence-corrected chi connectivity index (χ4v) is 1.06. The molecule has 0 unspecified atom stereocenters. The number of rotatable bonds is 6. The molecule has 66 valence electrons. The molecule has 0 saturated heterocycles. The third kappa shape index (κ3) is 5.77. The van der Waals surface area contributed by atoms with E-state index < -0.39 is 16.0 Å². The quantitative estimate of drug-likeness (QED) is 0.365. The molecule has 0 fully saturated rings. The number of hydrogen-bond acceptors (Lipinski definition) is 5. The molecular weight excluding hydrogens is 172 g/mol. The molecular formula is C4H10N2O4S. The average molecular weight is 182 g/mol. The Balaban J connectivity index is 3.71. The van der Waals surface area contributed by atoms with Crippen molar-refractivity contribution in [3.05, 3.63) is 0 Å². The summed E-state index contributed by atoms with van der Waals surface area (Å²) in [6.07, 6.45) is 0.281. The lowest BCUT2D eigenvalue weighted by molar-refractivity contribution is -0.109. The standard InChI is InChI=1S/C4H10N2O4S/c5-1-2-10-11(8,9)4-6-3-7/h3H,1-2,4-5H2,(H,6,7). The maximum atomic E-state index is 10.6. The molecule has 0 spiro atoms. The number of carbonyl (C=O) groups is 1. The largest absolute Gasteiger partial charge is 0.343 e. The summed E-state index contributed by atoms with van der Waals surface area (Å²) in [4.78, 5) is 9.67. The van der Waals surface area contributed by atoms with Gasteiger partial charge in [0.1, 0.15) is 5.88 Å². The minimum absolute atomic E-state index is 0.0666. The summed E-state index contributed by atoms with van der Waals surface area (Å²) in [6, 6.07) is 0. The summed E-state index contributed by atoms with van der Waals surface area (Å²) in [6.45, 7) is 0.0587. The Bertz CT molecular complexity index is 200. The van der Waals surface area contributed by atoms with E-state index in [1.54, 1.807) is 0 Å². The zero-order chi connectivity index (χ0) is 8.74. The lowest BCUT2D eigenvalue weighted by Crippen LogP contribution is -2.25. The summed E-state index contributed by atoms with van der Waals surface area (Å²) >= 11 is 0. The topological polar surface area (TPSA) is 98.5 Å². The Kier molecular flexibility index (Phi) is 4.75. The lowest BCUT2D eigenvalue weighted by atomic mass is 10.8. The minimum atomic E-state index is -3.63. The van der Waals surface area contributed by atoms with Crippen molar-refractivity contribution in [2.75, 3.05) is 19.0 Å². The van der Waals surface area contributed by atoms with Gasteiger partial charge in [0.05, 0.1) is 6.61 Å². The fourth-order valence-electron chi connectivity index (χ4n) is 0.353. The maximum absolute atomic E-state index is 10.6. The van der Waals surface area contributed by atoms with Crippen LogP contribution in [-0.4, -0.2) is 33.9 Å². The van der Waals surface area contributed by atoms with Gasteiger partial charge >= 0.3 is 0 Å². The zero-order valence-corrected chi connectivity index (χ0v) is 6.63. The highest BCUT2D eigenvalue weighted by molar-refractivity contribution is 7.86. The van der Waals surface area contributed by atoms with Crippen LogP contribution in [0.15, 0.2) is 0 Å². The molecule has 0 aliphatic carbocycles. The third-order valence-corrected chi connectivity index (χ3v) is 1.77. The van der Waals surface area contributed by atoms with E-state index in [0.29, 0.717) is 0 Å². The first-order valence-electron chi connectivity index (χ1n) is 2.86.